The molecule has 1 N–H and O–H groups in total. The molecular weight excluding hydrogens is 372 g/mol. The lowest BCUT2D eigenvalue weighted by Crippen LogP contribution is -2.41. The minimum Gasteiger partial charge on any atom is -0.444 e. The van der Waals surface area contributed by atoms with Crippen molar-refractivity contribution in [3.05, 3.63) is 27.7 Å². The van der Waals surface area contributed by atoms with Gasteiger partial charge in [-0.25, -0.2) is 4.79 Å². The van der Waals surface area contributed by atoms with Crippen LogP contribution in [0.5, 0.6) is 0 Å². The van der Waals surface area contributed by atoms with Gasteiger partial charge in [0.15, 0.2) is 0 Å². The van der Waals surface area contributed by atoms with Crippen LogP contribution < -0.4 is 5.32 Å². The number of carbonyl (C=O) groups is 2. The summed E-state index contributed by atoms with van der Waals surface area (Å²) in [7, 11) is 0. The third-order valence-corrected chi connectivity index (χ3v) is 5.16. The Balaban J connectivity index is 1.71. The standard InChI is InChI=1S/C18H23BrN2O3/c1-18(2,3)24-17(23)21-8-6-11(7-9-21)16-12-10-15(22)20-14(12)5-4-13(16)19/h4-5,11H,6-10H2,1-3H3,(H,20,22). The Morgan fingerprint density at radius 3 is 2.58 bits per heavy atom. The lowest BCUT2D eigenvalue weighted by molar-refractivity contribution is -0.115. The summed E-state index contributed by atoms with van der Waals surface area (Å²) >= 11 is 3.64. The number of nitrogens with one attached hydrogen (secondary N) is 1. The summed E-state index contributed by atoms with van der Waals surface area (Å²) < 4.78 is 6.50. The van der Waals surface area contributed by atoms with E-state index in [1.807, 2.05) is 32.9 Å². The number of ether oxygens (including phenoxy) is 1. The van der Waals surface area contributed by atoms with E-state index in [9.17, 15) is 9.59 Å². The Bertz CT molecular complexity index is 674. The fourth-order valence-corrected chi connectivity index (χ4v) is 4.11. The molecule has 130 valence electrons. The number of rotatable bonds is 1. The lowest BCUT2D eigenvalue weighted by Gasteiger charge is -2.34. The molecule has 2 heterocycles. The molecule has 0 spiro atoms. The number of likely N-dealkylation sites (tertiary alicyclic amines) is 1. The minimum absolute atomic E-state index is 0.0514. The van der Waals surface area contributed by atoms with Crippen LogP contribution in [0.15, 0.2) is 16.6 Å². The molecule has 0 bridgehead atoms. The third-order valence-electron chi connectivity index (χ3n) is 4.47. The summed E-state index contributed by atoms with van der Waals surface area (Å²) in [5, 5.41) is 2.91. The van der Waals surface area contributed by atoms with E-state index in [0.29, 0.717) is 25.4 Å². The molecule has 1 aromatic carbocycles. The Hall–Kier alpha value is -1.56. The Morgan fingerprint density at radius 2 is 1.96 bits per heavy atom. The predicted octanol–water partition coefficient (Wildman–Crippen LogP) is 4.06. The first-order chi connectivity index (χ1) is 11.2. The van der Waals surface area contributed by atoms with Gasteiger partial charge in [-0.2, -0.15) is 0 Å². The second-order valence-corrected chi connectivity index (χ2v) is 8.31. The number of hydrogen-bond acceptors (Lipinski definition) is 3. The molecule has 0 unspecified atom stereocenters. The van der Waals surface area contributed by atoms with E-state index in [1.54, 1.807) is 4.90 Å². The van der Waals surface area contributed by atoms with Gasteiger partial charge < -0.3 is 15.0 Å². The van der Waals surface area contributed by atoms with Crippen LogP contribution in [0.4, 0.5) is 10.5 Å². The van der Waals surface area contributed by atoms with Crippen LogP contribution in [0.3, 0.4) is 0 Å². The number of piperidine rings is 1. The number of amides is 2. The summed E-state index contributed by atoms with van der Waals surface area (Å²) in [5.41, 5.74) is 2.77. The van der Waals surface area contributed by atoms with Gasteiger partial charge in [-0.1, -0.05) is 15.9 Å². The van der Waals surface area contributed by atoms with Gasteiger partial charge in [0.2, 0.25) is 5.91 Å². The van der Waals surface area contributed by atoms with Crippen molar-refractivity contribution in [3.63, 3.8) is 0 Å². The van der Waals surface area contributed by atoms with Gasteiger partial charge in [0.05, 0.1) is 6.42 Å². The number of halogens is 1. The Morgan fingerprint density at radius 1 is 1.29 bits per heavy atom. The summed E-state index contributed by atoms with van der Waals surface area (Å²) in [6, 6.07) is 3.95. The SMILES string of the molecule is CC(C)(C)OC(=O)N1CCC(c2c(Br)ccc3c2CC(=O)N3)CC1. The fraction of sp³-hybridized carbons (Fsp3) is 0.556. The maximum absolute atomic E-state index is 12.2. The van der Waals surface area contributed by atoms with Crippen LogP contribution in [0.2, 0.25) is 0 Å². The van der Waals surface area contributed by atoms with Crippen LogP contribution in [0.1, 0.15) is 50.7 Å². The van der Waals surface area contributed by atoms with E-state index >= 15 is 0 Å². The monoisotopic (exact) mass is 394 g/mol. The molecule has 2 aliphatic heterocycles. The van der Waals surface area contributed by atoms with Crippen molar-refractivity contribution >= 4 is 33.6 Å². The second kappa shape index (κ2) is 6.39. The van der Waals surface area contributed by atoms with Crippen molar-refractivity contribution in [1.82, 2.24) is 4.90 Å². The van der Waals surface area contributed by atoms with Crippen LogP contribution in [0, 0.1) is 0 Å². The van der Waals surface area contributed by atoms with Gasteiger partial charge >= 0.3 is 6.09 Å². The van der Waals surface area contributed by atoms with Crippen LogP contribution in [-0.2, 0) is 16.0 Å². The van der Waals surface area contributed by atoms with Gasteiger partial charge in [0, 0.05) is 23.2 Å². The molecule has 1 saturated heterocycles. The average Bonchev–Trinajstić information content (AvgIpc) is 2.86. The molecule has 0 atom stereocenters. The summed E-state index contributed by atoms with van der Waals surface area (Å²) in [4.78, 5) is 25.7. The van der Waals surface area contributed by atoms with Crippen LogP contribution in [0.25, 0.3) is 0 Å². The molecule has 0 aromatic heterocycles. The highest BCUT2D eigenvalue weighted by Gasteiger charge is 2.31. The summed E-state index contributed by atoms with van der Waals surface area (Å²) in [5.74, 6) is 0.399. The second-order valence-electron chi connectivity index (χ2n) is 7.45. The number of carbonyl (C=O) groups excluding carboxylic acids is 2. The smallest absolute Gasteiger partial charge is 0.410 e. The molecule has 2 aliphatic rings. The Kier molecular flexibility index (Phi) is 4.60. The summed E-state index contributed by atoms with van der Waals surface area (Å²) in [6.07, 6.45) is 1.96. The summed E-state index contributed by atoms with van der Waals surface area (Å²) in [6.45, 7) is 7.00. The Labute approximate surface area is 150 Å². The predicted molar refractivity (Wildman–Crippen MR) is 96.3 cm³/mol. The molecule has 0 aliphatic carbocycles. The first-order valence-electron chi connectivity index (χ1n) is 8.33. The maximum Gasteiger partial charge on any atom is 0.410 e. The van der Waals surface area contributed by atoms with Crippen molar-refractivity contribution in [2.45, 2.75) is 51.6 Å². The normalized spacial score (nSPS) is 18.3. The fourth-order valence-electron chi connectivity index (χ4n) is 3.42. The van der Waals surface area contributed by atoms with Crippen molar-refractivity contribution in [2.24, 2.45) is 0 Å². The van der Waals surface area contributed by atoms with Gasteiger partial charge in [0.1, 0.15) is 5.60 Å². The molecule has 6 heteroatoms. The van der Waals surface area contributed by atoms with Gasteiger partial charge in [0.25, 0.3) is 0 Å². The highest BCUT2D eigenvalue weighted by Crippen LogP contribution is 2.40. The van der Waals surface area contributed by atoms with Gasteiger partial charge in [-0.15, -0.1) is 0 Å². The third kappa shape index (κ3) is 3.58. The van der Waals surface area contributed by atoms with Crippen molar-refractivity contribution in [2.75, 3.05) is 18.4 Å². The van der Waals surface area contributed by atoms with E-state index < -0.39 is 5.60 Å². The lowest BCUT2D eigenvalue weighted by atomic mass is 9.85. The number of anilines is 1. The van der Waals surface area contributed by atoms with Crippen molar-refractivity contribution < 1.29 is 14.3 Å². The van der Waals surface area contributed by atoms with Crippen molar-refractivity contribution in [3.8, 4) is 0 Å². The van der Waals surface area contributed by atoms with E-state index in [0.717, 1.165) is 28.6 Å². The zero-order chi connectivity index (χ0) is 17.5. The number of nitrogens with zero attached hydrogens (tertiary/aromatic N) is 1. The topological polar surface area (TPSA) is 58.6 Å². The zero-order valence-corrected chi connectivity index (χ0v) is 15.9. The molecule has 3 rings (SSSR count). The van der Waals surface area contributed by atoms with E-state index in [1.165, 1.54) is 5.56 Å². The largest absolute Gasteiger partial charge is 0.444 e. The number of benzene rings is 1. The first kappa shape index (κ1) is 17.3. The minimum atomic E-state index is -0.469. The van der Waals surface area contributed by atoms with E-state index in [4.69, 9.17) is 4.74 Å². The molecule has 1 aromatic rings. The number of fused-ring (bicyclic) bond motifs is 1. The van der Waals surface area contributed by atoms with Crippen LogP contribution >= 0.6 is 15.9 Å². The average molecular weight is 395 g/mol. The number of hydrogen-bond donors (Lipinski definition) is 1. The molecule has 0 radical (unpaired) electrons. The van der Waals surface area contributed by atoms with E-state index in [2.05, 4.69) is 21.2 Å². The quantitative estimate of drug-likeness (QED) is 0.780. The zero-order valence-electron chi connectivity index (χ0n) is 14.3. The molecule has 0 saturated carbocycles. The molecule has 2 amide bonds. The highest BCUT2D eigenvalue weighted by atomic mass is 79.9. The molecule has 5 nitrogen and oxygen atoms in total. The van der Waals surface area contributed by atoms with Crippen molar-refractivity contribution in [1.29, 1.82) is 0 Å². The first-order valence-corrected chi connectivity index (χ1v) is 9.13. The molecule has 24 heavy (non-hydrogen) atoms. The highest BCUT2D eigenvalue weighted by molar-refractivity contribution is 9.10. The maximum atomic E-state index is 12.2. The van der Waals surface area contributed by atoms with Crippen LogP contribution in [-0.4, -0.2) is 35.6 Å². The van der Waals surface area contributed by atoms with Gasteiger partial charge in [-0.05, 0) is 62.8 Å². The van der Waals surface area contributed by atoms with Gasteiger partial charge in [-0.3, -0.25) is 4.79 Å². The molecule has 1 fully saturated rings. The molecular formula is C18H23BrN2O3. The van der Waals surface area contributed by atoms with E-state index in [-0.39, 0.29) is 12.0 Å².